The van der Waals surface area contributed by atoms with Crippen LogP contribution < -0.4 is 4.90 Å². The quantitative estimate of drug-likeness (QED) is 0.161. The molecule has 0 fully saturated rings. The van der Waals surface area contributed by atoms with Crippen LogP contribution in [0.4, 0.5) is 17.1 Å². The molecule has 13 rings (SSSR count). The van der Waals surface area contributed by atoms with E-state index in [1.807, 2.05) is 11.3 Å². The summed E-state index contributed by atoms with van der Waals surface area (Å²) < 4.78 is 2.70. The maximum Gasteiger partial charge on any atom is 0.0714 e. The highest BCUT2D eigenvalue weighted by molar-refractivity contribution is 7.25. The lowest BCUT2D eigenvalue weighted by Gasteiger charge is -2.35. The van der Waals surface area contributed by atoms with E-state index in [1.165, 1.54) is 97.7 Å². The van der Waals surface area contributed by atoms with Crippen molar-refractivity contribution >= 4 is 59.3 Å². The van der Waals surface area contributed by atoms with E-state index < -0.39 is 5.41 Å². The molecule has 0 spiro atoms. The molecule has 10 aromatic carbocycles. The smallest absolute Gasteiger partial charge is 0.0714 e. The summed E-state index contributed by atoms with van der Waals surface area (Å²) in [6.45, 7) is 4.82. The molecule has 0 N–H and O–H groups in total. The number of rotatable bonds is 6. The fourth-order valence-corrected chi connectivity index (χ4v) is 12.6. The van der Waals surface area contributed by atoms with Gasteiger partial charge in [-0.25, -0.2) is 0 Å². The van der Waals surface area contributed by atoms with Crippen LogP contribution in [0.2, 0.25) is 0 Å². The summed E-state index contributed by atoms with van der Waals surface area (Å²) in [5.74, 6) is 0. The number of thiophene rings is 1. The van der Waals surface area contributed by atoms with Gasteiger partial charge in [0.25, 0.3) is 0 Å². The van der Waals surface area contributed by atoms with E-state index >= 15 is 0 Å². The predicted octanol–water partition coefficient (Wildman–Crippen LogP) is 17.0. The minimum Gasteiger partial charge on any atom is -0.310 e. The molecule has 0 aliphatic heterocycles. The standard InChI is InChI=1S/C62H43NS/c1-61(2)56-37-44(34-35-49(56)52-38-53-51-26-11-14-33-59(51)64-60(53)39-57(52)61)63(58-32-17-28-46-45(27-16-29-50(46)58)40-18-5-3-6-19-40)43-23-15-22-42(36-43)62(41-20-7-4-8-21-41)54-30-12-9-24-47(54)48-25-10-13-31-55(48)62/h3-39H,1-2H3. The highest BCUT2D eigenvalue weighted by atomic mass is 32.1. The van der Waals surface area contributed by atoms with Crippen molar-refractivity contribution in [2.45, 2.75) is 24.7 Å². The third-order valence-electron chi connectivity index (χ3n) is 14.3. The van der Waals surface area contributed by atoms with Crippen molar-refractivity contribution in [1.29, 1.82) is 0 Å². The van der Waals surface area contributed by atoms with Gasteiger partial charge in [0.15, 0.2) is 0 Å². The molecule has 64 heavy (non-hydrogen) atoms. The van der Waals surface area contributed by atoms with Crippen LogP contribution in [0.3, 0.4) is 0 Å². The van der Waals surface area contributed by atoms with Crippen LogP contribution in [0.15, 0.2) is 224 Å². The number of hydrogen-bond donors (Lipinski definition) is 0. The summed E-state index contributed by atoms with van der Waals surface area (Å²) in [7, 11) is 0. The predicted molar refractivity (Wildman–Crippen MR) is 272 cm³/mol. The molecule has 2 aliphatic rings. The molecule has 302 valence electrons. The van der Waals surface area contributed by atoms with Crippen LogP contribution in [0, 0.1) is 0 Å². The topological polar surface area (TPSA) is 3.24 Å². The molecule has 0 unspecified atom stereocenters. The summed E-state index contributed by atoms with van der Waals surface area (Å²) in [5.41, 5.74) is 18.3. The van der Waals surface area contributed by atoms with E-state index in [0.29, 0.717) is 0 Å². The summed E-state index contributed by atoms with van der Waals surface area (Å²) >= 11 is 1.90. The Labute approximate surface area is 378 Å². The Kier molecular flexibility index (Phi) is 8.11. The Bertz CT molecular complexity index is 3610. The molecule has 2 aliphatic carbocycles. The van der Waals surface area contributed by atoms with Crippen LogP contribution in [0.5, 0.6) is 0 Å². The molecule has 0 radical (unpaired) electrons. The molecule has 0 amide bonds. The number of fused-ring (bicyclic) bond motifs is 10. The fourth-order valence-electron chi connectivity index (χ4n) is 11.5. The molecule has 0 atom stereocenters. The van der Waals surface area contributed by atoms with Crippen LogP contribution >= 0.6 is 11.3 Å². The van der Waals surface area contributed by atoms with E-state index in [1.54, 1.807) is 0 Å². The molecule has 2 heteroatoms. The van der Waals surface area contributed by atoms with Crippen molar-refractivity contribution in [3.8, 4) is 33.4 Å². The van der Waals surface area contributed by atoms with E-state index in [0.717, 1.165) is 17.1 Å². The van der Waals surface area contributed by atoms with Gasteiger partial charge in [0.1, 0.15) is 0 Å². The zero-order chi connectivity index (χ0) is 42.6. The fraction of sp³-hybridized carbons (Fsp3) is 0.0645. The highest BCUT2D eigenvalue weighted by Crippen LogP contribution is 2.58. The zero-order valence-electron chi connectivity index (χ0n) is 35.7. The molecule has 0 saturated heterocycles. The summed E-state index contributed by atoms with van der Waals surface area (Å²) in [4.78, 5) is 2.53. The molecule has 0 bridgehead atoms. The molecule has 11 aromatic rings. The van der Waals surface area contributed by atoms with E-state index in [9.17, 15) is 0 Å². The normalized spacial score (nSPS) is 14.0. The van der Waals surface area contributed by atoms with Gasteiger partial charge >= 0.3 is 0 Å². The largest absolute Gasteiger partial charge is 0.310 e. The van der Waals surface area contributed by atoms with Gasteiger partial charge in [0, 0.05) is 42.3 Å². The van der Waals surface area contributed by atoms with E-state index in [4.69, 9.17) is 0 Å². The average molecular weight is 834 g/mol. The van der Waals surface area contributed by atoms with Gasteiger partial charge in [-0.1, -0.05) is 190 Å². The minimum atomic E-state index is -0.520. The number of benzene rings is 10. The molecular weight excluding hydrogens is 791 g/mol. The number of nitrogens with zero attached hydrogens (tertiary/aromatic N) is 1. The zero-order valence-corrected chi connectivity index (χ0v) is 36.5. The Morgan fingerprint density at radius 2 is 0.922 bits per heavy atom. The Hall–Kier alpha value is -7.52. The van der Waals surface area contributed by atoms with Crippen molar-refractivity contribution in [1.82, 2.24) is 0 Å². The van der Waals surface area contributed by atoms with Gasteiger partial charge in [-0.05, 0) is 121 Å². The third kappa shape index (κ3) is 5.24. The summed E-state index contributed by atoms with van der Waals surface area (Å²) in [6, 6.07) is 84.0. The van der Waals surface area contributed by atoms with Crippen LogP contribution in [0.1, 0.15) is 47.2 Å². The first-order chi connectivity index (χ1) is 31.5. The van der Waals surface area contributed by atoms with Crippen molar-refractivity contribution < 1.29 is 0 Å². The maximum absolute atomic E-state index is 2.53. The van der Waals surface area contributed by atoms with Gasteiger partial charge in [-0.15, -0.1) is 11.3 Å². The summed E-state index contributed by atoms with van der Waals surface area (Å²) in [6.07, 6.45) is 0. The Morgan fingerprint density at radius 3 is 1.72 bits per heavy atom. The molecule has 0 saturated carbocycles. The molecule has 1 nitrogen and oxygen atoms in total. The highest BCUT2D eigenvalue weighted by Gasteiger charge is 2.46. The minimum absolute atomic E-state index is 0.202. The van der Waals surface area contributed by atoms with Gasteiger partial charge in [-0.3, -0.25) is 0 Å². The van der Waals surface area contributed by atoms with Crippen molar-refractivity contribution in [2.24, 2.45) is 0 Å². The van der Waals surface area contributed by atoms with Gasteiger partial charge in [0.2, 0.25) is 0 Å². The lowest BCUT2D eigenvalue weighted by Crippen LogP contribution is -2.28. The second-order valence-corrected chi connectivity index (χ2v) is 19.1. The van der Waals surface area contributed by atoms with Gasteiger partial charge in [-0.2, -0.15) is 0 Å². The molecule has 1 aromatic heterocycles. The second kappa shape index (κ2) is 14.0. The Morgan fingerprint density at radius 1 is 0.344 bits per heavy atom. The first kappa shape index (κ1) is 37.1. The molecular formula is C62H43NS. The summed E-state index contributed by atoms with van der Waals surface area (Å²) in [5, 5.41) is 5.12. The number of anilines is 3. The third-order valence-corrected chi connectivity index (χ3v) is 15.5. The lowest BCUT2D eigenvalue weighted by molar-refractivity contribution is 0.661. The second-order valence-electron chi connectivity index (χ2n) is 18.0. The lowest BCUT2D eigenvalue weighted by atomic mass is 9.67. The first-order valence-electron chi connectivity index (χ1n) is 22.3. The molecule has 1 heterocycles. The Balaban J connectivity index is 1.06. The van der Waals surface area contributed by atoms with Gasteiger partial charge < -0.3 is 4.90 Å². The van der Waals surface area contributed by atoms with Gasteiger partial charge in [0.05, 0.1) is 11.1 Å². The number of hydrogen-bond acceptors (Lipinski definition) is 2. The first-order valence-corrected chi connectivity index (χ1v) is 23.2. The van der Waals surface area contributed by atoms with Crippen LogP contribution in [-0.2, 0) is 10.8 Å². The van der Waals surface area contributed by atoms with Crippen molar-refractivity contribution in [3.63, 3.8) is 0 Å². The monoisotopic (exact) mass is 833 g/mol. The maximum atomic E-state index is 2.53. The van der Waals surface area contributed by atoms with Crippen LogP contribution in [-0.4, -0.2) is 0 Å². The van der Waals surface area contributed by atoms with E-state index in [-0.39, 0.29) is 5.41 Å². The SMILES string of the molecule is CC1(C)c2cc(N(c3cccc(C4(c5ccccc5)c5ccccc5-c5ccccc54)c3)c3cccc4c(-c5ccccc5)cccc34)ccc2-c2cc3c(cc21)sc1ccccc13. The van der Waals surface area contributed by atoms with E-state index in [2.05, 4.69) is 243 Å². The van der Waals surface area contributed by atoms with Crippen molar-refractivity contribution in [3.05, 3.63) is 258 Å². The van der Waals surface area contributed by atoms with Crippen LogP contribution in [0.25, 0.3) is 64.3 Å². The van der Waals surface area contributed by atoms with Crippen molar-refractivity contribution in [2.75, 3.05) is 4.90 Å². The average Bonchev–Trinajstić information content (AvgIpc) is 3.95.